The Morgan fingerprint density at radius 3 is 2.41 bits per heavy atom. The second-order valence-corrected chi connectivity index (χ2v) is 3.29. The average Bonchev–Trinajstić information content (AvgIpc) is 2.28. The Kier molecular flexibility index (Phi) is 4.35. The van der Waals surface area contributed by atoms with Gasteiger partial charge in [0.2, 0.25) is 0 Å². The van der Waals surface area contributed by atoms with E-state index in [1.807, 2.05) is 6.07 Å². The topological polar surface area (TPSA) is 39.4 Å². The molecule has 0 aromatic heterocycles. The van der Waals surface area contributed by atoms with Crippen LogP contribution in [0.25, 0.3) is 0 Å². The second kappa shape index (κ2) is 5.55. The Hall–Kier alpha value is -1.74. The average molecular weight is 262 g/mol. The van der Waals surface area contributed by atoms with Crippen LogP contribution in [0.2, 0.25) is 0 Å². The van der Waals surface area contributed by atoms with E-state index in [1.54, 1.807) is 0 Å². The smallest absolute Gasteiger partial charge is 0.198 e. The SMILES string of the molecule is N#CCC=NN(Cl)c1ccc(C(F)(F)F)cc1. The fourth-order valence-electron chi connectivity index (χ4n) is 0.993. The fraction of sp³-hybridized carbons (Fsp3) is 0.200. The number of nitriles is 1. The molecule has 7 heteroatoms. The zero-order valence-electron chi connectivity index (χ0n) is 8.45. The molecule has 0 radical (unpaired) electrons. The first-order valence-corrected chi connectivity index (χ1v) is 4.81. The molecular formula is C10H7ClF3N3. The molecule has 0 heterocycles. The summed E-state index contributed by atoms with van der Waals surface area (Å²) in [6, 6.07) is 6.02. The van der Waals surface area contributed by atoms with Gasteiger partial charge in [0, 0.05) is 18.0 Å². The number of anilines is 1. The molecule has 90 valence electrons. The zero-order chi connectivity index (χ0) is 12.9. The van der Waals surface area contributed by atoms with Crippen LogP contribution in [-0.4, -0.2) is 6.21 Å². The molecule has 0 aliphatic rings. The summed E-state index contributed by atoms with van der Waals surface area (Å²) in [6.07, 6.45) is -3.05. The predicted octanol–water partition coefficient (Wildman–Crippen LogP) is 3.57. The van der Waals surface area contributed by atoms with Gasteiger partial charge in [-0.25, -0.2) is 0 Å². The summed E-state index contributed by atoms with van der Waals surface area (Å²) < 4.78 is 37.6. The lowest BCUT2D eigenvalue weighted by molar-refractivity contribution is -0.137. The molecule has 0 spiro atoms. The van der Waals surface area contributed by atoms with Crippen molar-refractivity contribution in [3.8, 4) is 6.07 Å². The van der Waals surface area contributed by atoms with Crippen molar-refractivity contribution in [2.75, 3.05) is 4.53 Å². The molecule has 1 aromatic carbocycles. The van der Waals surface area contributed by atoms with Crippen molar-refractivity contribution in [3.05, 3.63) is 29.8 Å². The van der Waals surface area contributed by atoms with Gasteiger partial charge in [-0.1, -0.05) is 0 Å². The molecule has 0 bridgehead atoms. The highest BCUT2D eigenvalue weighted by molar-refractivity contribution is 6.25. The van der Waals surface area contributed by atoms with Gasteiger partial charge in [0.15, 0.2) is 0 Å². The van der Waals surface area contributed by atoms with E-state index in [0.717, 1.165) is 16.7 Å². The van der Waals surface area contributed by atoms with E-state index in [0.29, 0.717) is 0 Å². The minimum absolute atomic E-state index is 0.0733. The van der Waals surface area contributed by atoms with Gasteiger partial charge < -0.3 is 0 Å². The molecule has 1 rings (SSSR count). The van der Waals surface area contributed by atoms with Gasteiger partial charge in [0.05, 0.1) is 23.7 Å². The van der Waals surface area contributed by atoms with Crippen LogP contribution in [0.4, 0.5) is 18.9 Å². The van der Waals surface area contributed by atoms with E-state index >= 15 is 0 Å². The lowest BCUT2D eigenvalue weighted by Gasteiger charge is -2.11. The molecule has 1 aromatic rings. The Balaban J connectivity index is 2.78. The van der Waals surface area contributed by atoms with Crippen LogP contribution in [0.5, 0.6) is 0 Å². The van der Waals surface area contributed by atoms with Gasteiger partial charge in [0.25, 0.3) is 0 Å². The molecule has 3 nitrogen and oxygen atoms in total. The second-order valence-electron chi connectivity index (χ2n) is 2.97. The molecular weight excluding hydrogens is 255 g/mol. The van der Waals surface area contributed by atoms with Gasteiger partial charge in [-0.15, -0.1) is 0 Å². The molecule has 0 saturated heterocycles. The summed E-state index contributed by atoms with van der Waals surface area (Å²) >= 11 is 5.65. The molecule has 0 atom stereocenters. The Morgan fingerprint density at radius 1 is 1.35 bits per heavy atom. The Bertz CT molecular complexity index is 434. The Morgan fingerprint density at radius 2 is 1.94 bits per heavy atom. The third-order valence-corrected chi connectivity index (χ3v) is 2.06. The predicted molar refractivity (Wildman–Crippen MR) is 58.5 cm³/mol. The summed E-state index contributed by atoms with van der Waals surface area (Å²) in [5.74, 6) is 0. The highest BCUT2D eigenvalue weighted by Crippen LogP contribution is 2.30. The van der Waals surface area contributed by atoms with Crippen molar-refractivity contribution in [3.63, 3.8) is 0 Å². The van der Waals surface area contributed by atoms with Crippen LogP contribution >= 0.6 is 11.8 Å². The lowest BCUT2D eigenvalue weighted by Crippen LogP contribution is -2.06. The third kappa shape index (κ3) is 3.96. The van der Waals surface area contributed by atoms with Crippen LogP contribution in [0.15, 0.2) is 29.4 Å². The summed E-state index contributed by atoms with van der Waals surface area (Å²) in [6.45, 7) is 0. The van der Waals surface area contributed by atoms with Crippen LogP contribution < -0.4 is 4.53 Å². The quantitative estimate of drug-likeness (QED) is 0.474. The molecule has 0 aliphatic heterocycles. The van der Waals surface area contributed by atoms with Crippen LogP contribution in [-0.2, 0) is 6.18 Å². The van der Waals surface area contributed by atoms with Crippen molar-refractivity contribution >= 4 is 23.7 Å². The maximum absolute atomic E-state index is 12.3. The number of nitrogens with zero attached hydrogens (tertiary/aromatic N) is 3. The van der Waals surface area contributed by atoms with Crippen molar-refractivity contribution in [2.24, 2.45) is 5.10 Å². The lowest BCUT2D eigenvalue weighted by atomic mass is 10.2. The van der Waals surface area contributed by atoms with E-state index < -0.39 is 11.7 Å². The highest BCUT2D eigenvalue weighted by Gasteiger charge is 2.30. The summed E-state index contributed by atoms with van der Waals surface area (Å²) in [7, 11) is 0. The monoisotopic (exact) mass is 261 g/mol. The molecule has 0 unspecified atom stereocenters. The number of hydrogen-bond donors (Lipinski definition) is 0. The normalized spacial score (nSPS) is 11.5. The van der Waals surface area contributed by atoms with Crippen LogP contribution in [0.1, 0.15) is 12.0 Å². The summed E-state index contributed by atoms with van der Waals surface area (Å²) in [5.41, 5.74) is -0.471. The van der Waals surface area contributed by atoms with Crippen molar-refractivity contribution < 1.29 is 13.2 Å². The number of benzene rings is 1. The molecule has 0 saturated carbocycles. The minimum Gasteiger partial charge on any atom is -0.198 e. The first kappa shape index (κ1) is 13.3. The van der Waals surface area contributed by atoms with E-state index in [-0.39, 0.29) is 12.1 Å². The van der Waals surface area contributed by atoms with Crippen LogP contribution in [0.3, 0.4) is 0 Å². The summed E-state index contributed by atoms with van der Waals surface area (Å²) in [4.78, 5) is 0. The van der Waals surface area contributed by atoms with E-state index in [9.17, 15) is 13.2 Å². The summed E-state index contributed by atoms with van der Waals surface area (Å²) in [5, 5.41) is 11.9. The molecule has 0 aliphatic carbocycles. The van der Waals surface area contributed by atoms with Crippen molar-refractivity contribution in [1.82, 2.24) is 0 Å². The number of hydrazone groups is 1. The number of halogens is 4. The molecule has 0 fully saturated rings. The third-order valence-electron chi connectivity index (χ3n) is 1.77. The van der Waals surface area contributed by atoms with Gasteiger partial charge in [0.1, 0.15) is 0 Å². The van der Waals surface area contributed by atoms with Gasteiger partial charge in [-0.05, 0) is 24.3 Å². The first-order chi connectivity index (χ1) is 7.95. The number of hydrogen-bond acceptors (Lipinski definition) is 3. The zero-order valence-corrected chi connectivity index (χ0v) is 9.20. The molecule has 17 heavy (non-hydrogen) atoms. The standard InChI is InChI=1S/C10H7ClF3N3/c11-17(16-7-1-6-15)9-4-2-8(3-5-9)10(12,13)14/h2-5,7H,1H2. The Labute approximate surface area is 101 Å². The number of rotatable bonds is 3. The fourth-order valence-corrected chi connectivity index (χ4v) is 1.17. The van der Waals surface area contributed by atoms with E-state index in [2.05, 4.69) is 5.10 Å². The largest absolute Gasteiger partial charge is 0.416 e. The molecule has 0 amide bonds. The van der Waals surface area contributed by atoms with E-state index in [4.69, 9.17) is 17.0 Å². The van der Waals surface area contributed by atoms with Crippen molar-refractivity contribution in [1.29, 1.82) is 5.26 Å². The van der Waals surface area contributed by atoms with E-state index in [1.165, 1.54) is 18.3 Å². The van der Waals surface area contributed by atoms with Crippen LogP contribution in [0, 0.1) is 11.3 Å². The number of alkyl halides is 3. The first-order valence-electron chi connectivity index (χ1n) is 4.47. The van der Waals surface area contributed by atoms with Gasteiger partial charge in [-0.2, -0.15) is 28.1 Å². The highest BCUT2D eigenvalue weighted by atomic mass is 35.5. The molecule has 0 N–H and O–H groups in total. The van der Waals surface area contributed by atoms with Gasteiger partial charge in [-0.3, -0.25) is 0 Å². The van der Waals surface area contributed by atoms with Gasteiger partial charge >= 0.3 is 6.18 Å². The van der Waals surface area contributed by atoms with Crippen molar-refractivity contribution in [2.45, 2.75) is 12.6 Å². The maximum Gasteiger partial charge on any atom is 0.416 e. The maximum atomic E-state index is 12.3. The minimum atomic E-state index is -4.38.